The first-order valence-electron chi connectivity index (χ1n) is 4.68. The van der Waals surface area contributed by atoms with E-state index >= 15 is 0 Å². The molecular weight excluding hydrogens is 259 g/mol. The fraction of sp³-hybridized carbons (Fsp3) is 0.400. The molecule has 16 heavy (non-hydrogen) atoms. The van der Waals surface area contributed by atoms with Gasteiger partial charge in [0.25, 0.3) is 0 Å². The number of hydrogen-bond acceptors (Lipinski definition) is 3. The SMILES string of the molecule is O=S([O-])c1cc(Cl)ccc1OCC1CC1.[Na+]. The molecule has 0 amide bonds. The van der Waals surface area contributed by atoms with Crippen molar-refractivity contribution in [3.8, 4) is 5.75 Å². The largest absolute Gasteiger partial charge is 1.00 e. The van der Waals surface area contributed by atoms with Gasteiger partial charge in [-0.3, -0.25) is 4.21 Å². The van der Waals surface area contributed by atoms with Gasteiger partial charge in [-0.05, 0) is 48.0 Å². The molecule has 2 rings (SSSR count). The van der Waals surface area contributed by atoms with Crippen LogP contribution in [-0.4, -0.2) is 15.4 Å². The fourth-order valence-electron chi connectivity index (χ4n) is 1.22. The van der Waals surface area contributed by atoms with Crippen LogP contribution < -0.4 is 34.3 Å². The van der Waals surface area contributed by atoms with E-state index in [-0.39, 0.29) is 34.5 Å². The first-order valence-corrected chi connectivity index (χ1v) is 6.13. The smallest absolute Gasteiger partial charge is 0.768 e. The van der Waals surface area contributed by atoms with E-state index in [1.807, 2.05) is 0 Å². The summed E-state index contributed by atoms with van der Waals surface area (Å²) in [6, 6.07) is 4.61. The summed E-state index contributed by atoms with van der Waals surface area (Å²) in [6.45, 7) is 0.589. The Morgan fingerprint density at radius 2 is 2.19 bits per heavy atom. The van der Waals surface area contributed by atoms with Crippen molar-refractivity contribution in [3.05, 3.63) is 23.2 Å². The summed E-state index contributed by atoms with van der Waals surface area (Å²) in [5, 5.41) is 0.396. The minimum Gasteiger partial charge on any atom is -0.768 e. The molecule has 1 atom stereocenters. The fourth-order valence-corrected chi connectivity index (χ4v) is 1.97. The van der Waals surface area contributed by atoms with Gasteiger partial charge in [-0.25, -0.2) is 0 Å². The number of halogens is 1. The molecule has 3 nitrogen and oxygen atoms in total. The van der Waals surface area contributed by atoms with Crippen molar-refractivity contribution in [3.63, 3.8) is 0 Å². The van der Waals surface area contributed by atoms with Gasteiger partial charge in [-0.2, -0.15) is 0 Å². The minimum atomic E-state index is -2.30. The average Bonchev–Trinajstić information content (AvgIpc) is 2.99. The first-order chi connectivity index (χ1) is 7.16. The van der Waals surface area contributed by atoms with Gasteiger partial charge in [0.05, 0.1) is 11.5 Å². The molecule has 1 saturated carbocycles. The molecule has 0 aromatic heterocycles. The molecule has 0 N–H and O–H groups in total. The number of hydrogen-bond donors (Lipinski definition) is 0. The third-order valence-electron chi connectivity index (χ3n) is 2.26. The van der Waals surface area contributed by atoms with Gasteiger partial charge in [0.1, 0.15) is 5.75 Å². The monoisotopic (exact) mass is 268 g/mol. The van der Waals surface area contributed by atoms with Crippen LogP contribution in [0.2, 0.25) is 5.02 Å². The van der Waals surface area contributed by atoms with E-state index in [1.165, 1.54) is 18.9 Å². The van der Waals surface area contributed by atoms with E-state index in [4.69, 9.17) is 16.3 Å². The van der Waals surface area contributed by atoms with E-state index in [1.54, 1.807) is 12.1 Å². The van der Waals surface area contributed by atoms with E-state index in [2.05, 4.69) is 0 Å². The second-order valence-corrected chi connectivity index (χ2v) is 4.93. The molecule has 0 heterocycles. The van der Waals surface area contributed by atoms with Crippen molar-refractivity contribution in [2.75, 3.05) is 6.61 Å². The number of benzene rings is 1. The molecule has 1 unspecified atom stereocenters. The van der Waals surface area contributed by atoms with Gasteiger partial charge in [0.15, 0.2) is 0 Å². The van der Waals surface area contributed by atoms with E-state index in [0.29, 0.717) is 23.3 Å². The van der Waals surface area contributed by atoms with Gasteiger partial charge in [0, 0.05) is 5.02 Å². The van der Waals surface area contributed by atoms with Crippen LogP contribution in [-0.2, 0) is 11.1 Å². The maximum Gasteiger partial charge on any atom is 1.00 e. The molecule has 0 aliphatic heterocycles. The second kappa shape index (κ2) is 6.38. The van der Waals surface area contributed by atoms with Gasteiger partial charge >= 0.3 is 29.6 Å². The van der Waals surface area contributed by atoms with Crippen molar-refractivity contribution >= 4 is 22.7 Å². The van der Waals surface area contributed by atoms with Crippen LogP contribution in [0, 0.1) is 5.92 Å². The van der Waals surface area contributed by atoms with Crippen molar-refractivity contribution < 1.29 is 43.1 Å². The summed E-state index contributed by atoms with van der Waals surface area (Å²) in [6.07, 6.45) is 2.34. The zero-order valence-electron chi connectivity index (χ0n) is 8.94. The maximum absolute atomic E-state index is 10.9. The Kier molecular flexibility index (Phi) is 5.77. The van der Waals surface area contributed by atoms with Crippen molar-refractivity contribution in [2.24, 2.45) is 5.92 Å². The van der Waals surface area contributed by atoms with E-state index in [9.17, 15) is 8.76 Å². The van der Waals surface area contributed by atoms with Crippen LogP contribution in [0.15, 0.2) is 23.1 Å². The molecule has 1 aromatic carbocycles. The van der Waals surface area contributed by atoms with Gasteiger partial charge in [-0.1, -0.05) is 11.6 Å². The standard InChI is InChI=1S/C10H11ClO3S.Na/c11-8-3-4-9(10(5-8)15(12)13)14-6-7-1-2-7;/h3-5,7H,1-2,6H2,(H,12,13);/q;+1/p-1. The van der Waals surface area contributed by atoms with Crippen molar-refractivity contribution in [1.82, 2.24) is 0 Å². The minimum absolute atomic E-state index is 0. The van der Waals surface area contributed by atoms with Crippen LogP contribution in [0.25, 0.3) is 0 Å². The molecule has 1 aromatic rings. The predicted octanol–water partition coefficient (Wildman–Crippen LogP) is -0.629. The molecule has 1 fully saturated rings. The quantitative estimate of drug-likeness (QED) is 0.540. The molecule has 0 spiro atoms. The van der Waals surface area contributed by atoms with Crippen molar-refractivity contribution in [2.45, 2.75) is 17.7 Å². The summed E-state index contributed by atoms with van der Waals surface area (Å²) in [4.78, 5) is 0.128. The molecule has 0 radical (unpaired) electrons. The van der Waals surface area contributed by atoms with Gasteiger partial charge in [-0.15, -0.1) is 0 Å². The topological polar surface area (TPSA) is 49.4 Å². The van der Waals surface area contributed by atoms with Gasteiger partial charge < -0.3 is 9.29 Å². The van der Waals surface area contributed by atoms with Crippen LogP contribution in [0.5, 0.6) is 5.75 Å². The Hall–Kier alpha value is 0.420. The average molecular weight is 269 g/mol. The maximum atomic E-state index is 10.9. The Bertz CT molecular complexity index is 396. The summed E-state index contributed by atoms with van der Waals surface area (Å²) >= 11 is 3.40. The molecule has 6 heteroatoms. The first kappa shape index (κ1) is 14.5. The Morgan fingerprint density at radius 1 is 1.50 bits per heavy atom. The summed E-state index contributed by atoms with van der Waals surface area (Å²) in [7, 11) is 0. The molecule has 1 aliphatic rings. The van der Waals surface area contributed by atoms with Crippen LogP contribution in [0.3, 0.4) is 0 Å². The molecular formula is C10H10ClNaO3S. The normalized spacial score (nSPS) is 16.4. The van der Waals surface area contributed by atoms with E-state index in [0.717, 1.165) is 0 Å². The Morgan fingerprint density at radius 3 is 2.75 bits per heavy atom. The third-order valence-corrected chi connectivity index (χ3v) is 3.17. The van der Waals surface area contributed by atoms with Crippen LogP contribution >= 0.6 is 11.6 Å². The summed E-state index contributed by atoms with van der Waals surface area (Å²) < 4.78 is 27.2. The molecule has 1 aliphatic carbocycles. The Labute approximate surface area is 124 Å². The van der Waals surface area contributed by atoms with Crippen molar-refractivity contribution in [1.29, 1.82) is 0 Å². The predicted molar refractivity (Wildman–Crippen MR) is 56.9 cm³/mol. The molecule has 0 bridgehead atoms. The third kappa shape index (κ3) is 4.02. The molecule has 82 valence electrons. The van der Waals surface area contributed by atoms with Gasteiger partial charge in [0.2, 0.25) is 0 Å². The number of rotatable bonds is 4. The number of ether oxygens (including phenoxy) is 1. The van der Waals surface area contributed by atoms with E-state index < -0.39 is 11.1 Å². The summed E-state index contributed by atoms with van der Waals surface area (Å²) in [5.74, 6) is 0.980. The Balaban J connectivity index is 0.00000128. The zero-order chi connectivity index (χ0) is 10.8. The van der Waals surface area contributed by atoms with Crippen LogP contribution in [0.4, 0.5) is 0 Å². The van der Waals surface area contributed by atoms with Crippen LogP contribution in [0.1, 0.15) is 12.8 Å². The zero-order valence-corrected chi connectivity index (χ0v) is 12.5. The second-order valence-electron chi connectivity index (χ2n) is 3.58. The summed E-state index contributed by atoms with van der Waals surface area (Å²) in [5.41, 5.74) is 0. The molecule has 0 saturated heterocycles.